The van der Waals surface area contributed by atoms with Gasteiger partial charge < -0.3 is 19.7 Å². The van der Waals surface area contributed by atoms with Gasteiger partial charge in [0.25, 0.3) is 0 Å². The highest BCUT2D eigenvalue weighted by Gasteiger charge is 2.33. The summed E-state index contributed by atoms with van der Waals surface area (Å²) in [7, 11) is -3.90. The van der Waals surface area contributed by atoms with Crippen LogP contribution in [0.4, 0.5) is 5.69 Å². The fraction of sp³-hybridized carbons (Fsp3) is 0.462. The van der Waals surface area contributed by atoms with Crippen molar-refractivity contribution in [3.05, 3.63) is 52.0 Å². The highest BCUT2D eigenvalue weighted by Crippen LogP contribution is 2.35. The van der Waals surface area contributed by atoms with Crippen molar-refractivity contribution >= 4 is 50.7 Å². The predicted octanol–water partition coefficient (Wildman–Crippen LogP) is 4.25. The molecule has 0 bridgehead atoms. The summed E-state index contributed by atoms with van der Waals surface area (Å²) in [4.78, 5) is 28.4. The summed E-state index contributed by atoms with van der Waals surface area (Å²) in [6.45, 7) is 7.45. The number of sulfonamides is 1. The van der Waals surface area contributed by atoms with Crippen molar-refractivity contribution in [3.8, 4) is 11.5 Å². The first-order chi connectivity index (χ1) is 17.7. The van der Waals surface area contributed by atoms with Crippen molar-refractivity contribution in [2.75, 3.05) is 30.3 Å². The quantitative estimate of drug-likeness (QED) is 0.471. The lowest BCUT2D eigenvalue weighted by Gasteiger charge is -2.34. The molecule has 9 nitrogen and oxygen atoms in total. The molecule has 0 fully saturated rings. The maximum absolute atomic E-state index is 13.8. The third-order valence-electron chi connectivity index (χ3n) is 5.73. The first-order valence-corrected chi connectivity index (χ1v) is 14.7. The molecule has 0 aromatic heterocycles. The number of hydrogen-bond donors (Lipinski definition) is 1. The number of fused-ring (bicyclic) bond motifs is 1. The summed E-state index contributed by atoms with van der Waals surface area (Å²) in [5, 5.41) is 3.67. The summed E-state index contributed by atoms with van der Waals surface area (Å²) in [5.41, 5.74) is 0.264. The van der Waals surface area contributed by atoms with Gasteiger partial charge >= 0.3 is 0 Å². The fourth-order valence-electron chi connectivity index (χ4n) is 4.01. The summed E-state index contributed by atoms with van der Waals surface area (Å²) in [6, 6.07) is 8.65. The molecule has 2 aromatic rings. The number of nitrogens with zero attached hydrogens (tertiary/aromatic N) is 2. The van der Waals surface area contributed by atoms with Crippen LogP contribution in [-0.2, 0) is 26.2 Å². The summed E-state index contributed by atoms with van der Waals surface area (Å²) >= 11 is 12.4. The van der Waals surface area contributed by atoms with E-state index < -0.39 is 34.1 Å². The lowest BCUT2D eigenvalue weighted by molar-refractivity contribution is -0.141. The third-order valence-corrected chi connectivity index (χ3v) is 7.46. The third kappa shape index (κ3) is 7.68. The van der Waals surface area contributed by atoms with E-state index in [4.69, 9.17) is 32.7 Å². The van der Waals surface area contributed by atoms with E-state index in [-0.39, 0.29) is 18.1 Å². The molecular weight excluding hydrogens is 553 g/mol. The Balaban J connectivity index is 1.99. The number of carbonyl (C=O) groups is 2. The topological polar surface area (TPSA) is 105 Å². The van der Waals surface area contributed by atoms with Gasteiger partial charge in [0.05, 0.1) is 11.9 Å². The molecule has 3 rings (SSSR count). The van der Waals surface area contributed by atoms with Gasteiger partial charge in [0.1, 0.15) is 25.8 Å². The Labute approximate surface area is 234 Å². The van der Waals surface area contributed by atoms with Gasteiger partial charge in [-0.05, 0) is 57.0 Å². The predicted molar refractivity (Wildman–Crippen MR) is 149 cm³/mol. The monoisotopic (exact) mass is 585 g/mol. The van der Waals surface area contributed by atoms with Gasteiger partial charge in [-0.1, -0.05) is 36.2 Å². The Morgan fingerprint density at radius 3 is 2.29 bits per heavy atom. The number of anilines is 1. The van der Waals surface area contributed by atoms with Crippen LogP contribution in [0.1, 0.15) is 39.7 Å². The Kier molecular flexibility index (Phi) is 9.43. The fourth-order valence-corrected chi connectivity index (χ4v) is 5.32. The minimum absolute atomic E-state index is 0.0242. The molecule has 0 radical (unpaired) electrons. The molecule has 1 heterocycles. The number of halogens is 2. The number of carbonyl (C=O) groups excluding carboxylic acids is 2. The van der Waals surface area contributed by atoms with Crippen LogP contribution >= 0.6 is 23.2 Å². The van der Waals surface area contributed by atoms with Gasteiger partial charge in [-0.2, -0.15) is 0 Å². The molecule has 12 heteroatoms. The Morgan fingerprint density at radius 1 is 1.05 bits per heavy atom. The summed E-state index contributed by atoms with van der Waals surface area (Å²) < 4.78 is 37.8. The van der Waals surface area contributed by atoms with Gasteiger partial charge in [0.15, 0.2) is 11.5 Å². The molecule has 0 saturated carbocycles. The number of hydrogen-bond acceptors (Lipinski definition) is 6. The molecule has 1 aliphatic heterocycles. The van der Waals surface area contributed by atoms with E-state index in [1.165, 1.54) is 11.0 Å². The number of amides is 2. The molecule has 2 amide bonds. The molecular formula is C26H33Cl2N3O6S. The van der Waals surface area contributed by atoms with Crippen LogP contribution in [0.25, 0.3) is 0 Å². The average Bonchev–Trinajstić information content (AvgIpc) is 2.81. The largest absolute Gasteiger partial charge is 0.486 e. The second-order valence-corrected chi connectivity index (χ2v) is 12.8. The van der Waals surface area contributed by atoms with Crippen molar-refractivity contribution in [2.45, 2.75) is 52.2 Å². The lowest BCUT2D eigenvalue weighted by Crippen LogP contribution is -2.55. The zero-order valence-corrected chi connectivity index (χ0v) is 24.4. The highest BCUT2D eigenvalue weighted by molar-refractivity contribution is 7.92. The van der Waals surface area contributed by atoms with Crippen molar-refractivity contribution in [3.63, 3.8) is 0 Å². The molecule has 1 N–H and O–H groups in total. The Bertz CT molecular complexity index is 1300. The molecule has 208 valence electrons. The van der Waals surface area contributed by atoms with Gasteiger partial charge in [0.2, 0.25) is 21.8 Å². The van der Waals surface area contributed by atoms with Gasteiger partial charge in [-0.15, -0.1) is 0 Å². The zero-order valence-electron chi connectivity index (χ0n) is 22.1. The second kappa shape index (κ2) is 12.0. The van der Waals surface area contributed by atoms with Crippen LogP contribution in [0.2, 0.25) is 10.0 Å². The van der Waals surface area contributed by atoms with Crippen molar-refractivity contribution in [1.29, 1.82) is 0 Å². The van der Waals surface area contributed by atoms with E-state index in [9.17, 15) is 18.0 Å². The molecule has 0 saturated heterocycles. The van der Waals surface area contributed by atoms with E-state index in [0.717, 1.165) is 10.6 Å². The summed E-state index contributed by atoms with van der Waals surface area (Å²) in [6.07, 6.45) is 1.31. The van der Waals surface area contributed by atoms with E-state index in [0.29, 0.717) is 46.7 Å². The lowest BCUT2D eigenvalue weighted by atomic mass is 10.1. The SMILES string of the molecule is CCC(C(=O)NC(C)(C)C)N(Cc1ccc(Cl)cc1Cl)C(=O)CN(c1ccc2c(c1)OCCO2)S(C)(=O)=O. The highest BCUT2D eigenvalue weighted by atomic mass is 35.5. The first kappa shape index (κ1) is 29.9. The van der Waals surface area contributed by atoms with Crippen LogP contribution in [0, 0.1) is 0 Å². The van der Waals surface area contributed by atoms with E-state index >= 15 is 0 Å². The van der Waals surface area contributed by atoms with Crippen LogP contribution in [0.3, 0.4) is 0 Å². The molecule has 0 aliphatic carbocycles. The Morgan fingerprint density at radius 2 is 1.71 bits per heavy atom. The minimum atomic E-state index is -3.90. The maximum atomic E-state index is 13.8. The number of nitrogens with one attached hydrogen (secondary N) is 1. The van der Waals surface area contributed by atoms with Crippen molar-refractivity contribution in [2.24, 2.45) is 0 Å². The zero-order chi connectivity index (χ0) is 28.3. The molecule has 0 spiro atoms. The van der Waals surface area contributed by atoms with Crippen molar-refractivity contribution in [1.82, 2.24) is 10.2 Å². The first-order valence-electron chi connectivity index (χ1n) is 12.1. The smallest absolute Gasteiger partial charge is 0.244 e. The van der Waals surface area contributed by atoms with Gasteiger partial charge in [-0.25, -0.2) is 8.42 Å². The van der Waals surface area contributed by atoms with Crippen LogP contribution in [0.5, 0.6) is 11.5 Å². The average molecular weight is 587 g/mol. The van der Waals surface area contributed by atoms with Crippen molar-refractivity contribution < 1.29 is 27.5 Å². The molecule has 38 heavy (non-hydrogen) atoms. The van der Waals surface area contributed by atoms with Crippen LogP contribution in [-0.4, -0.2) is 62.7 Å². The van der Waals surface area contributed by atoms with Crippen LogP contribution in [0.15, 0.2) is 36.4 Å². The molecule has 1 atom stereocenters. The molecule has 1 aliphatic rings. The van der Waals surface area contributed by atoms with E-state index in [1.807, 2.05) is 20.8 Å². The number of rotatable bonds is 9. The van der Waals surface area contributed by atoms with E-state index in [2.05, 4.69) is 5.32 Å². The van der Waals surface area contributed by atoms with E-state index in [1.54, 1.807) is 37.3 Å². The van der Waals surface area contributed by atoms with Gasteiger partial charge in [0, 0.05) is 28.2 Å². The Hall–Kier alpha value is -2.69. The maximum Gasteiger partial charge on any atom is 0.244 e. The molecule has 2 aromatic carbocycles. The molecule has 1 unspecified atom stereocenters. The van der Waals surface area contributed by atoms with Gasteiger partial charge in [-0.3, -0.25) is 13.9 Å². The second-order valence-electron chi connectivity index (χ2n) is 10.0. The minimum Gasteiger partial charge on any atom is -0.486 e. The standard InChI is InChI=1S/C26H33Cl2N3O6S/c1-6-21(25(33)29-26(2,3)4)30(15-17-7-8-18(27)13-20(17)28)24(32)16-31(38(5,34)35)19-9-10-22-23(14-19)37-12-11-36-22/h7-10,13-14,21H,6,11-12,15-16H2,1-5H3,(H,29,33). The summed E-state index contributed by atoms with van der Waals surface area (Å²) in [5.74, 6) is -0.0600. The number of benzene rings is 2. The number of ether oxygens (including phenoxy) is 2. The normalized spacial score (nSPS) is 14.0. The van der Waals surface area contributed by atoms with Crippen LogP contribution < -0.4 is 19.1 Å².